The summed E-state index contributed by atoms with van der Waals surface area (Å²) < 4.78 is 49.6. The van der Waals surface area contributed by atoms with Crippen LogP contribution in [0.1, 0.15) is 31.7 Å². The minimum Gasteiger partial charge on any atom is -0.394 e. The predicted octanol–water partition coefficient (Wildman–Crippen LogP) is -0.0106. The van der Waals surface area contributed by atoms with Crippen LogP contribution in [0.25, 0.3) is 22.3 Å². The van der Waals surface area contributed by atoms with Crippen LogP contribution >= 0.6 is 7.75 Å². The third-order valence-electron chi connectivity index (χ3n) is 8.40. The molecule has 4 aromatic rings. The topological polar surface area (TPSA) is 246 Å². The van der Waals surface area contributed by atoms with Crippen molar-refractivity contribution in [1.82, 2.24) is 43.7 Å². The maximum atomic E-state index is 14.5. The van der Waals surface area contributed by atoms with Gasteiger partial charge in [0, 0.05) is 26.6 Å². The van der Waals surface area contributed by atoms with Crippen molar-refractivity contribution in [2.45, 2.75) is 62.2 Å². The van der Waals surface area contributed by atoms with Gasteiger partial charge in [-0.1, -0.05) is 0 Å². The van der Waals surface area contributed by atoms with Crippen LogP contribution in [0.2, 0.25) is 0 Å². The maximum absolute atomic E-state index is 14.5. The minimum atomic E-state index is -3.98. The molecule has 3 aliphatic rings. The smallest absolute Gasteiger partial charge is 0.394 e. The van der Waals surface area contributed by atoms with Crippen molar-refractivity contribution in [2.75, 3.05) is 44.9 Å². The van der Waals surface area contributed by atoms with Gasteiger partial charge in [-0.2, -0.15) is 0 Å². The fraction of sp³-hybridized carbons (Fsp3) is 0.600. The largest absolute Gasteiger partial charge is 0.408 e. The summed E-state index contributed by atoms with van der Waals surface area (Å²) in [7, 11) is -2.53. The van der Waals surface area contributed by atoms with Crippen LogP contribution in [0.4, 0.5) is 11.6 Å². The number of fused-ring (bicyclic) bond motifs is 2. The van der Waals surface area contributed by atoms with Crippen LogP contribution in [-0.2, 0) is 27.8 Å². The van der Waals surface area contributed by atoms with Gasteiger partial charge in [-0.25, -0.2) is 39.1 Å². The fourth-order valence-corrected chi connectivity index (χ4v) is 8.11. The number of nitrogens with two attached hydrogens (primary N) is 2. The Labute approximate surface area is 256 Å². The number of nitrogen functional groups attached to an aromatic ring is 2. The normalized spacial score (nSPS) is 30.5. The molecular weight excluding hydrogens is 613 g/mol. The van der Waals surface area contributed by atoms with Crippen LogP contribution in [0.3, 0.4) is 0 Å². The summed E-state index contributed by atoms with van der Waals surface area (Å²) >= 11 is 0. The molecule has 0 spiro atoms. The Kier molecular flexibility index (Phi) is 8.13. The zero-order valence-corrected chi connectivity index (χ0v) is 25.2. The number of hydrogen-bond donors (Lipinski definition) is 4. The Morgan fingerprint density at radius 2 is 1.60 bits per heavy atom. The lowest BCUT2D eigenvalue weighted by Crippen LogP contribution is -2.36. The van der Waals surface area contributed by atoms with E-state index in [1.54, 1.807) is 13.8 Å². The summed E-state index contributed by atoms with van der Waals surface area (Å²) in [5, 5.41) is 21.3. The molecule has 0 radical (unpaired) electrons. The molecule has 3 aliphatic heterocycles. The minimum absolute atomic E-state index is 0.202. The number of nitrogens with zero attached hydrogens (tertiary/aromatic N) is 9. The Morgan fingerprint density at radius 3 is 2.24 bits per heavy atom. The van der Waals surface area contributed by atoms with Crippen LogP contribution in [-0.4, -0.2) is 118 Å². The average molecular weight is 648 g/mol. The van der Waals surface area contributed by atoms with Gasteiger partial charge in [-0.05, 0) is 12.8 Å². The molecule has 1 unspecified atom stereocenters. The van der Waals surface area contributed by atoms with Crippen molar-refractivity contribution >= 4 is 41.7 Å². The van der Waals surface area contributed by atoms with Crippen LogP contribution in [0.5, 0.6) is 0 Å². The van der Waals surface area contributed by atoms with Gasteiger partial charge in [-0.3, -0.25) is 18.2 Å². The van der Waals surface area contributed by atoms with Gasteiger partial charge in [0.05, 0.1) is 25.9 Å². The molecule has 4 aromatic heterocycles. The highest BCUT2D eigenvalue weighted by Gasteiger charge is 2.49. The Bertz CT molecular complexity index is 1720. The third kappa shape index (κ3) is 5.33. The van der Waals surface area contributed by atoms with E-state index in [4.69, 9.17) is 34.7 Å². The molecule has 3 fully saturated rings. The second-order valence-electron chi connectivity index (χ2n) is 11.0. The zero-order chi connectivity index (χ0) is 31.3. The van der Waals surface area contributed by atoms with Gasteiger partial charge in [0.15, 0.2) is 29.2 Å². The van der Waals surface area contributed by atoms with Gasteiger partial charge >= 0.3 is 7.75 Å². The molecule has 242 valence electrons. The number of methoxy groups -OCH3 is 1. The maximum Gasteiger partial charge on any atom is 0.408 e. The van der Waals surface area contributed by atoms with Crippen LogP contribution < -0.4 is 11.5 Å². The lowest BCUT2D eigenvalue weighted by Gasteiger charge is -2.30. The highest BCUT2D eigenvalue weighted by atomic mass is 31.2. The highest BCUT2D eigenvalue weighted by Crippen LogP contribution is 2.57. The van der Waals surface area contributed by atoms with E-state index in [0.717, 1.165) is 12.8 Å². The number of aliphatic hydroxyl groups excluding tert-OH is 2. The number of rotatable bonds is 10. The third-order valence-corrected chi connectivity index (χ3v) is 10.5. The number of ether oxygens (including phenoxy) is 3. The molecule has 0 aliphatic carbocycles. The van der Waals surface area contributed by atoms with Gasteiger partial charge in [0.2, 0.25) is 0 Å². The second kappa shape index (κ2) is 12.1. The van der Waals surface area contributed by atoms with E-state index in [0.29, 0.717) is 35.4 Å². The summed E-state index contributed by atoms with van der Waals surface area (Å²) in [5.74, 6) is 0.427. The first-order valence-corrected chi connectivity index (χ1v) is 16.0. The SMILES string of the molecule is CO[C@@H]1[C@H](O)[C@@H](COP(=O)(O[C@H]2C[C@H](n3cnc4c(N)ncnc43)O[C@@H]2CO)N2CCCC2)O[C@H]1n1cnc2c(N)ncnc21. The molecule has 0 aromatic carbocycles. The molecule has 7 heterocycles. The number of imidazole rings is 2. The van der Waals surface area contributed by atoms with Crippen LogP contribution in [0.15, 0.2) is 25.3 Å². The molecule has 45 heavy (non-hydrogen) atoms. The summed E-state index contributed by atoms with van der Waals surface area (Å²) in [6.45, 7) is 0.303. The van der Waals surface area contributed by atoms with Gasteiger partial charge in [-0.15, -0.1) is 0 Å². The van der Waals surface area contributed by atoms with Gasteiger partial charge in [0.1, 0.15) is 60.4 Å². The molecule has 0 amide bonds. The van der Waals surface area contributed by atoms with Crippen LogP contribution in [0, 0.1) is 0 Å². The molecule has 6 N–H and O–H groups in total. The van der Waals surface area contributed by atoms with E-state index < -0.39 is 50.7 Å². The van der Waals surface area contributed by atoms with Crippen molar-refractivity contribution in [3.05, 3.63) is 25.3 Å². The van der Waals surface area contributed by atoms with Crippen molar-refractivity contribution in [2.24, 2.45) is 0 Å². The van der Waals surface area contributed by atoms with E-state index in [-0.39, 0.29) is 31.3 Å². The first kappa shape index (κ1) is 30.3. The van der Waals surface area contributed by atoms with E-state index in [2.05, 4.69) is 29.9 Å². The molecule has 0 saturated carbocycles. The molecule has 20 heteroatoms. The Balaban J connectivity index is 1.09. The fourth-order valence-electron chi connectivity index (χ4n) is 6.08. The van der Waals surface area contributed by atoms with Crippen molar-refractivity contribution in [3.63, 3.8) is 0 Å². The predicted molar refractivity (Wildman–Crippen MR) is 155 cm³/mol. The number of anilines is 2. The Morgan fingerprint density at radius 1 is 0.956 bits per heavy atom. The van der Waals surface area contributed by atoms with Gasteiger partial charge < -0.3 is 35.9 Å². The van der Waals surface area contributed by atoms with E-state index in [1.165, 1.54) is 32.4 Å². The highest BCUT2D eigenvalue weighted by molar-refractivity contribution is 7.51. The number of aliphatic hydroxyl groups is 2. The average Bonchev–Trinajstić information content (AvgIpc) is 3.86. The quantitative estimate of drug-likeness (QED) is 0.165. The zero-order valence-electron chi connectivity index (χ0n) is 24.3. The first-order chi connectivity index (χ1) is 21.8. The Hall–Kier alpha value is -3.39. The lowest BCUT2D eigenvalue weighted by molar-refractivity contribution is -0.0611. The molecule has 19 nitrogen and oxygen atoms in total. The van der Waals surface area contributed by atoms with Crippen molar-refractivity contribution in [1.29, 1.82) is 0 Å². The molecular formula is C25H34N11O8P. The van der Waals surface area contributed by atoms with Gasteiger partial charge in [0.25, 0.3) is 0 Å². The second-order valence-corrected chi connectivity index (χ2v) is 13.0. The molecule has 8 atom stereocenters. The number of hydrogen-bond acceptors (Lipinski definition) is 16. The van der Waals surface area contributed by atoms with E-state index in [1.807, 2.05) is 0 Å². The summed E-state index contributed by atoms with van der Waals surface area (Å²) in [6, 6.07) is 0. The van der Waals surface area contributed by atoms with E-state index >= 15 is 0 Å². The summed E-state index contributed by atoms with van der Waals surface area (Å²) in [5.41, 5.74) is 13.5. The molecule has 0 bridgehead atoms. The van der Waals surface area contributed by atoms with Crippen molar-refractivity contribution < 1.29 is 38.0 Å². The summed E-state index contributed by atoms with van der Waals surface area (Å²) in [4.78, 5) is 25.0. The standard InChI is InChI=1S/C25H34N11O8P/c1-40-20-19(38)15(43-25(20)36-12-33-18-22(27)29-10-31-24(18)36)8-41-45(39,34-4-2-3-5-34)44-13-6-16(42-14(13)7-37)35-11-32-17-21(26)28-9-30-23(17)35/h9-16,19-20,25,37-38H,2-8H2,1H3,(H2,26,28,30)(H2,27,29,31)/t13-,14+,15+,16+,19+,20+,25+,45?/m0/s1. The lowest BCUT2D eigenvalue weighted by atomic mass is 10.1. The van der Waals surface area contributed by atoms with Crippen molar-refractivity contribution in [3.8, 4) is 0 Å². The first-order valence-electron chi connectivity index (χ1n) is 14.5. The molecule has 7 rings (SSSR count). The van der Waals surface area contributed by atoms with E-state index in [9.17, 15) is 14.8 Å². The number of aromatic nitrogens is 8. The monoisotopic (exact) mass is 647 g/mol. The summed E-state index contributed by atoms with van der Waals surface area (Å²) in [6.07, 6.45) is 1.46. The molecule has 3 saturated heterocycles.